The quantitative estimate of drug-likeness (QED) is 0.774. The number of carbonyl (C=O) groups is 1. The van der Waals surface area contributed by atoms with Gasteiger partial charge in [0.1, 0.15) is 5.75 Å². The Kier molecular flexibility index (Phi) is 2.86. The molecule has 1 aromatic carbocycles. The van der Waals surface area contributed by atoms with Gasteiger partial charge in [-0.05, 0) is 24.3 Å². The van der Waals surface area contributed by atoms with Crippen molar-refractivity contribution in [2.45, 2.75) is 11.7 Å². The second-order valence-corrected chi connectivity index (χ2v) is 4.29. The molecule has 1 atom stereocenters. The molecule has 1 aliphatic rings. The van der Waals surface area contributed by atoms with E-state index in [-0.39, 0.29) is 11.2 Å². The van der Waals surface area contributed by atoms with Crippen molar-refractivity contribution in [3.05, 3.63) is 24.3 Å². The van der Waals surface area contributed by atoms with Gasteiger partial charge in [0.05, 0.1) is 7.11 Å². The molecule has 1 aliphatic heterocycles. The summed E-state index contributed by atoms with van der Waals surface area (Å²) in [5.41, 5.74) is 0.914. The molecule has 0 saturated carbocycles. The summed E-state index contributed by atoms with van der Waals surface area (Å²) in [6, 6.07) is 7.49. The molecule has 0 N–H and O–H groups in total. The molecule has 1 saturated heterocycles. The summed E-state index contributed by atoms with van der Waals surface area (Å²) in [6.07, 6.45) is 0.523. The number of hydrogen-bond acceptors (Lipinski definition) is 3. The summed E-state index contributed by atoms with van der Waals surface area (Å²) in [7, 11) is 1.62. The first-order chi connectivity index (χ1) is 7.20. The van der Waals surface area contributed by atoms with Crippen LogP contribution in [0.1, 0.15) is 6.42 Å². The fraction of sp³-hybridized carbons (Fsp3) is 0.364. The van der Waals surface area contributed by atoms with E-state index in [2.05, 4.69) is 12.6 Å². The maximum atomic E-state index is 11.6. The van der Waals surface area contributed by atoms with Crippen molar-refractivity contribution in [2.75, 3.05) is 18.6 Å². The maximum Gasteiger partial charge on any atom is 0.228 e. The van der Waals surface area contributed by atoms with Gasteiger partial charge in [-0.1, -0.05) is 0 Å². The number of methoxy groups -OCH3 is 1. The van der Waals surface area contributed by atoms with Crippen LogP contribution in [0.25, 0.3) is 0 Å². The molecule has 0 radical (unpaired) electrons. The Bertz CT molecular complexity index is 363. The molecular weight excluding hydrogens is 210 g/mol. The van der Waals surface area contributed by atoms with Crippen molar-refractivity contribution in [2.24, 2.45) is 0 Å². The van der Waals surface area contributed by atoms with Gasteiger partial charge in [0.15, 0.2) is 0 Å². The highest BCUT2D eigenvalue weighted by Crippen LogP contribution is 2.25. The smallest absolute Gasteiger partial charge is 0.228 e. The second-order valence-electron chi connectivity index (χ2n) is 3.56. The minimum absolute atomic E-state index is 0.139. The molecule has 4 heteroatoms. The Morgan fingerprint density at radius 3 is 2.53 bits per heavy atom. The van der Waals surface area contributed by atoms with Gasteiger partial charge in [0, 0.05) is 23.9 Å². The molecule has 1 unspecified atom stereocenters. The molecule has 0 aromatic heterocycles. The fourth-order valence-corrected chi connectivity index (χ4v) is 2.02. The Morgan fingerprint density at radius 2 is 2.07 bits per heavy atom. The predicted molar refractivity (Wildman–Crippen MR) is 62.7 cm³/mol. The van der Waals surface area contributed by atoms with E-state index in [0.717, 1.165) is 11.4 Å². The molecule has 80 valence electrons. The van der Waals surface area contributed by atoms with Crippen LogP contribution >= 0.6 is 12.6 Å². The molecule has 2 rings (SSSR count). The van der Waals surface area contributed by atoms with Crippen LogP contribution in [0.15, 0.2) is 24.3 Å². The average Bonchev–Trinajstić information content (AvgIpc) is 2.58. The second kappa shape index (κ2) is 4.14. The lowest BCUT2D eigenvalue weighted by Gasteiger charge is -2.16. The zero-order chi connectivity index (χ0) is 10.8. The third kappa shape index (κ3) is 2.09. The lowest BCUT2D eigenvalue weighted by atomic mass is 10.3. The number of thiol groups is 1. The Hall–Kier alpha value is -1.16. The number of carbonyl (C=O) groups excluding carboxylic acids is 1. The van der Waals surface area contributed by atoms with E-state index in [0.29, 0.717) is 13.0 Å². The molecule has 15 heavy (non-hydrogen) atoms. The number of nitrogens with zero attached hydrogens (tertiary/aromatic N) is 1. The maximum absolute atomic E-state index is 11.6. The first-order valence-corrected chi connectivity index (χ1v) is 5.35. The third-order valence-corrected chi connectivity index (χ3v) is 2.83. The molecule has 3 nitrogen and oxygen atoms in total. The first kappa shape index (κ1) is 10.4. The van der Waals surface area contributed by atoms with Gasteiger partial charge in [0.25, 0.3) is 0 Å². The molecule has 1 fully saturated rings. The molecule has 0 aliphatic carbocycles. The Labute approximate surface area is 94.4 Å². The average molecular weight is 223 g/mol. The van der Waals surface area contributed by atoms with E-state index < -0.39 is 0 Å². The van der Waals surface area contributed by atoms with E-state index in [4.69, 9.17) is 4.74 Å². The molecule has 0 spiro atoms. The van der Waals surface area contributed by atoms with Crippen molar-refractivity contribution in [3.8, 4) is 5.75 Å². The number of benzene rings is 1. The van der Waals surface area contributed by atoms with E-state index in [9.17, 15) is 4.79 Å². The van der Waals surface area contributed by atoms with Crippen molar-refractivity contribution in [3.63, 3.8) is 0 Å². The molecule has 0 bridgehead atoms. The van der Waals surface area contributed by atoms with E-state index in [1.807, 2.05) is 24.3 Å². The number of rotatable bonds is 2. The normalized spacial score (nSPS) is 20.8. The van der Waals surface area contributed by atoms with Gasteiger partial charge in [-0.3, -0.25) is 4.79 Å². The number of ether oxygens (including phenoxy) is 1. The van der Waals surface area contributed by atoms with Gasteiger partial charge in [-0.2, -0.15) is 12.6 Å². The standard InChI is InChI=1S/C11H13NO2S/c1-14-9-4-2-8(3-5-9)12-7-10(15)6-11(12)13/h2-5,10,15H,6-7H2,1H3. The summed E-state index contributed by atoms with van der Waals surface area (Å²) in [5.74, 6) is 0.938. The minimum atomic E-state index is 0.139. The van der Waals surface area contributed by atoms with Crippen LogP contribution < -0.4 is 9.64 Å². The fourth-order valence-electron chi connectivity index (χ4n) is 1.70. The number of amides is 1. The summed E-state index contributed by atoms with van der Waals surface area (Å²) >= 11 is 4.31. The number of anilines is 1. The molecular formula is C11H13NO2S. The summed E-state index contributed by atoms with van der Waals surface area (Å²) in [4.78, 5) is 13.3. The van der Waals surface area contributed by atoms with E-state index in [1.54, 1.807) is 12.0 Å². The van der Waals surface area contributed by atoms with Crippen LogP contribution in [0.4, 0.5) is 5.69 Å². The van der Waals surface area contributed by atoms with Gasteiger partial charge in [-0.25, -0.2) is 0 Å². The zero-order valence-corrected chi connectivity index (χ0v) is 9.41. The van der Waals surface area contributed by atoms with Crippen LogP contribution in [0.3, 0.4) is 0 Å². The van der Waals surface area contributed by atoms with E-state index >= 15 is 0 Å². The SMILES string of the molecule is COc1ccc(N2CC(S)CC2=O)cc1. The predicted octanol–water partition coefficient (Wildman–Crippen LogP) is 1.73. The monoisotopic (exact) mass is 223 g/mol. The summed E-state index contributed by atoms with van der Waals surface area (Å²) in [5, 5.41) is 0.152. The lowest BCUT2D eigenvalue weighted by Crippen LogP contribution is -2.24. The van der Waals surface area contributed by atoms with Crippen molar-refractivity contribution < 1.29 is 9.53 Å². The van der Waals surface area contributed by atoms with Gasteiger partial charge in [-0.15, -0.1) is 0 Å². The highest BCUT2D eigenvalue weighted by molar-refractivity contribution is 7.81. The zero-order valence-electron chi connectivity index (χ0n) is 8.51. The Balaban J connectivity index is 2.19. The van der Waals surface area contributed by atoms with Crippen LogP contribution in [-0.4, -0.2) is 24.8 Å². The van der Waals surface area contributed by atoms with Crippen molar-refractivity contribution in [1.29, 1.82) is 0 Å². The molecule has 1 amide bonds. The highest BCUT2D eigenvalue weighted by Gasteiger charge is 2.27. The largest absolute Gasteiger partial charge is 0.497 e. The van der Waals surface area contributed by atoms with Crippen LogP contribution in [0, 0.1) is 0 Å². The molecule has 1 aromatic rings. The van der Waals surface area contributed by atoms with Gasteiger partial charge < -0.3 is 9.64 Å². The highest BCUT2D eigenvalue weighted by atomic mass is 32.1. The van der Waals surface area contributed by atoms with Gasteiger partial charge in [0.2, 0.25) is 5.91 Å². The minimum Gasteiger partial charge on any atom is -0.497 e. The summed E-state index contributed by atoms with van der Waals surface area (Å²) in [6.45, 7) is 0.689. The molecule has 1 heterocycles. The van der Waals surface area contributed by atoms with Crippen LogP contribution in [0.5, 0.6) is 5.75 Å². The van der Waals surface area contributed by atoms with Gasteiger partial charge >= 0.3 is 0 Å². The Morgan fingerprint density at radius 1 is 1.40 bits per heavy atom. The van der Waals surface area contributed by atoms with Crippen LogP contribution in [0.2, 0.25) is 0 Å². The van der Waals surface area contributed by atoms with Crippen LogP contribution in [-0.2, 0) is 4.79 Å². The van der Waals surface area contributed by atoms with Crippen molar-refractivity contribution >= 4 is 24.2 Å². The number of hydrogen-bond donors (Lipinski definition) is 1. The topological polar surface area (TPSA) is 29.5 Å². The lowest BCUT2D eigenvalue weighted by molar-refractivity contribution is -0.117. The first-order valence-electron chi connectivity index (χ1n) is 4.83. The van der Waals surface area contributed by atoms with Crippen molar-refractivity contribution in [1.82, 2.24) is 0 Å². The van der Waals surface area contributed by atoms with E-state index in [1.165, 1.54) is 0 Å². The summed E-state index contributed by atoms with van der Waals surface area (Å²) < 4.78 is 5.06. The third-order valence-electron chi connectivity index (χ3n) is 2.49.